The second kappa shape index (κ2) is 10.7. The van der Waals surface area contributed by atoms with Crippen molar-refractivity contribution in [2.24, 2.45) is 11.7 Å². The van der Waals surface area contributed by atoms with E-state index in [1.807, 2.05) is 13.8 Å². The topological polar surface area (TPSA) is 130 Å². The number of carbonyl (C=O) groups excluding carboxylic acids is 3. The fraction of sp³-hybridized carbons (Fsp3) is 0.478. The number of primary amides is 1. The van der Waals surface area contributed by atoms with E-state index in [-0.39, 0.29) is 40.6 Å². The van der Waals surface area contributed by atoms with Gasteiger partial charge >= 0.3 is 0 Å². The second-order valence-corrected chi connectivity index (χ2v) is 9.54. The first kappa shape index (κ1) is 26.6. The number of methoxy groups -OCH3 is 1. The van der Waals surface area contributed by atoms with Crippen molar-refractivity contribution in [3.8, 4) is 0 Å². The minimum atomic E-state index is -1.11. The summed E-state index contributed by atoms with van der Waals surface area (Å²) in [5.41, 5.74) is 4.53. The third kappa shape index (κ3) is 6.15. The molecule has 1 aromatic carbocycles. The third-order valence-corrected chi connectivity index (χ3v) is 6.54. The van der Waals surface area contributed by atoms with E-state index in [0.29, 0.717) is 25.7 Å². The third-order valence-electron chi connectivity index (χ3n) is 6.23. The van der Waals surface area contributed by atoms with Crippen LogP contribution < -0.4 is 11.1 Å². The number of carbonyl (C=O) groups is 3. The Kier molecular flexibility index (Phi) is 8.11. The summed E-state index contributed by atoms with van der Waals surface area (Å²) in [6.07, 6.45) is 3.10. The molecule has 0 bridgehead atoms. The van der Waals surface area contributed by atoms with E-state index in [1.165, 1.54) is 13.4 Å². The summed E-state index contributed by atoms with van der Waals surface area (Å²) < 4.78 is 32.4. The predicted molar refractivity (Wildman–Crippen MR) is 125 cm³/mol. The first-order valence-corrected chi connectivity index (χ1v) is 11.5. The molecule has 3 rings (SSSR count). The number of rotatable bonds is 8. The number of ether oxygens (including phenoxy) is 1. The molecular weight excluding hydrogens is 484 g/mol. The fourth-order valence-corrected chi connectivity index (χ4v) is 4.32. The van der Waals surface area contributed by atoms with Gasteiger partial charge in [0, 0.05) is 31.7 Å². The highest BCUT2D eigenvalue weighted by Crippen LogP contribution is 2.32. The Morgan fingerprint density at radius 3 is 2.46 bits per heavy atom. The van der Waals surface area contributed by atoms with E-state index in [0.717, 1.165) is 12.1 Å². The van der Waals surface area contributed by atoms with Gasteiger partial charge in [0.2, 0.25) is 5.91 Å². The zero-order chi connectivity index (χ0) is 25.9. The van der Waals surface area contributed by atoms with Gasteiger partial charge in [-0.2, -0.15) is 0 Å². The summed E-state index contributed by atoms with van der Waals surface area (Å²) in [4.78, 5) is 46.1. The summed E-state index contributed by atoms with van der Waals surface area (Å²) in [5, 5.41) is 2.46. The number of H-pyrrole nitrogens is 1. The number of halogens is 3. The molecule has 1 saturated carbocycles. The average Bonchev–Trinajstić information content (AvgIpc) is 3.31. The predicted octanol–water partition coefficient (Wildman–Crippen LogP) is 3.50. The highest BCUT2D eigenvalue weighted by molar-refractivity contribution is 6.33. The Bertz CT molecular complexity index is 1120. The summed E-state index contributed by atoms with van der Waals surface area (Å²) in [6, 6.07) is 1.40. The van der Waals surface area contributed by atoms with Crippen molar-refractivity contribution in [1.82, 2.24) is 14.9 Å². The number of hydrogen-bond donors (Lipinski definition) is 3. The van der Waals surface area contributed by atoms with Crippen molar-refractivity contribution in [3.05, 3.63) is 46.5 Å². The highest BCUT2D eigenvalue weighted by atomic mass is 35.5. The molecule has 1 heterocycles. The Labute approximate surface area is 206 Å². The van der Waals surface area contributed by atoms with Crippen LogP contribution in [-0.4, -0.2) is 57.9 Å². The van der Waals surface area contributed by atoms with Crippen LogP contribution in [0.5, 0.6) is 0 Å². The Morgan fingerprint density at radius 1 is 1.23 bits per heavy atom. The van der Waals surface area contributed by atoms with Crippen LogP contribution in [0.15, 0.2) is 18.5 Å². The van der Waals surface area contributed by atoms with E-state index in [4.69, 9.17) is 22.1 Å². The van der Waals surface area contributed by atoms with Crippen LogP contribution in [0.4, 0.5) is 14.5 Å². The monoisotopic (exact) mass is 511 g/mol. The molecule has 190 valence electrons. The largest absolute Gasteiger partial charge is 0.377 e. The van der Waals surface area contributed by atoms with E-state index >= 15 is 0 Å². The lowest BCUT2D eigenvalue weighted by atomic mass is 9.84. The number of nitrogens with one attached hydrogen (secondary N) is 2. The number of imidazole rings is 1. The van der Waals surface area contributed by atoms with Gasteiger partial charge in [-0.3, -0.25) is 14.4 Å². The van der Waals surface area contributed by atoms with Gasteiger partial charge in [-0.25, -0.2) is 13.8 Å². The summed E-state index contributed by atoms with van der Waals surface area (Å²) >= 11 is 5.92. The lowest BCUT2D eigenvalue weighted by molar-refractivity contribution is -0.121. The van der Waals surface area contributed by atoms with Crippen LogP contribution in [0.3, 0.4) is 0 Å². The maximum atomic E-state index is 13.6. The Balaban J connectivity index is 1.73. The number of nitrogens with two attached hydrogens (primary N) is 1. The van der Waals surface area contributed by atoms with E-state index in [9.17, 15) is 23.2 Å². The minimum absolute atomic E-state index is 0.00569. The lowest BCUT2D eigenvalue weighted by Gasteiger charge is -2.40. The van der Waals surface area contributed by atoms with Gasteiger partial charge in [0.1, 0.15) is 5.69 Å². The maximum absolute atomic E-state index is 13.6. The fourth-order valence-electron chi connectivity index (χ4n) is 4.12. The van der Waals surface area contributed by atoms with Crippen LogP contribution >= 0.6 is 11.6 Å². The SMILES string of the molecule is COC(C)(C)CN(C(=O)c1nc[nH]c1C(N)=O)[C@H]1CC[C@H](C(=O)Nc2cc(F)c(F)cc2Cl)CC1. The molecule has 1 aliphatic carbocycles. The van der Waals surface area contributed by atoms with Crippen molar-refractivity contribution in [2.45, 2.75) is 51.2 Å². The highest BCUT2D eigenvalue weighted by Gasteiger charge is 2.37. The first-order chi connectivity index (χ1) is 16.4. The number of hydrogen-bond acceptors (Lipinski definition) is 5. The van der Waals surface area contributed by atoms with Crippen LogP contribution in [0.25, 0.3) is 0 Å². The van der Waals surface area contributed by atoms with Gasteiger partial charge in [-0.1, -0.05) is 11.6 Å². The molecule has 0 spiro atoms. The van der Waals surface area contributed by atoms with Gasteiger partial charge in [-0.05, 0) is 45.6 Å². The van der Waals surface area contributed by atoms with Crippen molar-refractivity contribution in [2.75, 3.05) is 19.0 Å². The van der Waals surface area contributed by atoms with Crippen molar-refractivity contribution < 1.29 is 27.9 Å². The Hall–Kier alpha value is -3.05. The smallest absolute Gasteiger partial charge is 0.275 e. The second-order valence-electron chi connectivity index (χ2n) is 9.13. The van der Waals surface area contributed by atoms with E-state index in [1.54, 1.807) is 4.90 Å². The van der Waals surface area contributed by atoms with Gasteiger partial charge in [0.25, 0.3) is 11.8 Å². The molecule has 12 heteroatoms. The molecule has 0 radical (unpaired) electrons. The number of anilines is 1. The molecule has 35 heavy (non-hydrogen) atoms. The molecule has 2 aromatic rings. The molecule has 1 aliphatic rings. The van der Waals surface area contributed by atoms with Crippen molar-refractivity contribution in [1.29, 1.82) is 0 Å². The van der Waals surface area contributed by atoms with Gasteiger partial charge in [0.15, 0.2) is 17.3 Å². The maximum Gasteiger partial charge on any atom is 0.275 e. The number of aromatic nitrogens is 2. The molecule has 3 amide bonds. The summed E-state index contributed by atoms with van der Waals surface area (Å²) in [5.74, 6) is -4.26. The number of aromatic amines is 1. The normalized spacial score (nSPS) is 18.2. The molecule has 1 fully saturated rings. The molecule has 9 nitrogen and oxygen atoms in total. The zero-order valence-electron chi connectivity index (χ0n) is 19.7. The van der Waals surface area contributed by atoms with Crippen LogP contribution in [0, 0.1) is 17.6 Å². The van der Waals surface area contributed by atoms with Gasteiger partial charge in [-0.15, -0.1) is 0 Å². The van der Waals surface area contributed by atoms with Crippen molar-refractivity contribution in [3.63, 3.8) is 0 Å². The quantitative estimate of drug-likeness (QED) is 0.467. The molecule has 0 aliphatic heterocycles. The summed E-state index contributed by atoms with van der Waals surface area (Å²) in [7, 11) is 1.54. The molecule has 4 N–H and O–H groups in total. The molecular formula is C23H28ClF2N5O4. The standard InChI is InChI=1S/C23H28ClF2N5O4/c1-23(2,35-3)10-31(22(34)19-18(20(27)32)28-11-29-19)13-6-4-12(5-7-13)21(33)30-17-9-16(26)15(25)8-14(17)24/h8-9,11-13H,4-7,10H2,1-3H3,(H2,27,32)(H,28,29)(H,30,33)/t12-,13-. The van der Waals surface area contributed by atoms with Gasteiger partial charge < -0.3 is 25.7 Å². The number of nitrogens with zero attached hydrogens (tertiary/aromatic N) is 2. The first-order valence-electron chi connectivity index (χ1n) is 11.1. The van der Waals surface area contributed by atoms with Crippen LogP contribution in [0.2, 0.25) is 5.02 Å². The minimum Gasteiger partial charge on any atom is -0.377 e. The molecule has 0 unspecified atom stereocenters. The van der Waals surface area contributed by atoms with Crippen molar-refractivity contribution >= 4 is 35.0 Å². The number of amides is 3. The number of benzene rings is 1. The lowest BCUT2D eigenvalue weighted by Crippen LogP contribution is -2.50. The molecule has 0 saturated heterocycles. The average molecular weight is 512 g/mol. The van der Waals surface area contributed by atoms with E-state index < -0.39 is 35.0 Å². The molecule has 1 aromatic heterocycles. The Morgan fingerprint density at radius 2 is 1.86 bits per heavy atom. The van der Waals surface area contributed by atoms with E-state index in [2.05, 4.69) is 15.3 Å². The van der Waals surface area contributed by atoms with Crippen LogP contribution in [0.1, 0.15) is 60.5 Å². The van der Waals surface area contributed by atoms with Crippen LogP contribution in [-0.2, 0) is 9.53 Å². The zero-order valence-corrected chi connectivity index (χ0v) is 20.4. The van der Waals surface area contributed by atoms with Gasteiger partial charge in [0.05, 0.1) is 22.6 Å². The molecule has 0 atom stereocenters. The summed E-state index contributed by atoms with van der Waals surface area (Å²) in [6.45, 7) is 3.88.